The van der Waals surface area contributed by atoms with Crippen molar-refractivity contribution >= 4 is 11.8 Å². The van der Waals surface area contributed by atoms with Gasteiger partial charge in [0.15, 0.2) is 0 Å². The van der Waals surface area contributed by atoms with E-state index < -0.39 is 0 Å². The second kappa shape index (κ2) is 8.33. The molecule has 1 aliphatic rings. The molecule has 0 radical (unpaired) electrons. The van der Waals surface area contributed by atoms with Gasteiger partial charge in [-0.15, -0.1) is 0 Å². The largest absolute Gasteiger partial charge is 0.352 e. The first-order valence-electron chi connectivity index (χ1n) is 9.24. The van der Waals surface area contributed by atoms with Gasteiger partial charge in [-0.05, 0) is 44.4 Å². The lowest BCUT2D eigenvalue weighted by Gasteiger charge is -2.32. The summed E-state index contributed by atoms with van der Waals surface area (Å²) in [6.45, 7) is 5.16. The van der Waals surface area contributed by atoms with Crippen LogP contribution in [0.4, 0.5) is 4.39 Å². The minimum absolute atomic E-state index is 0.0433. The topological polar surface area (TPSA) is 78.1 Å². The zero-order chi connectivity index (χ0) is 19.4. The smallest absolute Gasteiger partial charge is 0.225 e. The van der Waals surface area contributed by atoms with E-state index in [1.54, 1.807) is 11.0 Å². The Bertz CT molecular complexity index is 814. The van der Waals surface area contributed by atoms with Crippen LogP contribution in [-0.4, -0.2) is 40.0 Å². The predicted molar refractivity (Wildman–Crippen MR) is 99.3 cm³/mol. The van der Waals surface area contributed by atoms with Crippen LogP contribution in [0.3, 0.4) is 0 Å². The van der Waals surface area contributed by atoms with Gasteiger partial charge in [0.25, 0.3) is 0 Å². The Hall–Kier alpha value is -2.70. The first-order valence-corrected chi connectivity index (χ1v) is 9.24. The Morgan fingerprint density at radius 3 is 2.93 bits per heavy atom. The Morgan fingerprint density at radius 2 is 2.22 bits per heavy atom. The van der Waals surface area contributed by atoms with E-state index in [1.165, 1.54) is 12.1 Å². The zero-order valence-electron chi connectivity index (χ0n) is 15.7. The maximum Gasteiger partial charge on any atom is 0.225 e. The Kier molecular flexibility index (Phi) is 5.88. The van der Waals surface area contributed by atoms with Crippen LogP contribution in [0.25, 0.3) is 0 Å². The van der Waals surface area contributed by atoms with Gasteiger partial charge < -0.3 is 10.2 Å². The van der Waals surface area contributed by atoms with Crippen molar-refractivity contribution in [2.75, 3.05) is 13.1 Å². The van der Waals surface area contributed by atoms with E-state index in [2.05, 4.69) is 15.5 Å². The van der Waals surface area contributed by atoms with Gasteiger partial charge in [0.1, 0.15) is 5.82 Å². The van der Waals surface area contributed by atoms with Crippen LogP contribution >= 0.6 is 0 Å². The summed E-state index contributed by atoms with van der Waals surface area (Å²) >= 11 is 0. The van der Waals surface area contributed by atoms with Gasteiger partial charge >= 0.3 is 0 Å². The molecule has 2 N–H and O–H groups in total. The van der Waals surface area contributed by atoms with E-state index >= 15 is 0 Å². The van der Waals surface area contributed by atoms with Crippen molar-refractivity contribution in [1.29, 1.82) is 0 Å². The minimum Gasteiger partial charge on any atom is -0.352 e. The zero-order valence-corrected chi connectivity index (χ0v) is 15.7. The molecule has 0 saturated carbocycles. The summed E-state index contributed by atoms with van der Waals surface area (Å²) in [6, 6.07) is 6.39. The van der Waals surface area contributed by atoms with Crippen molar-refractivity contribution in [2.45, 2.75) is 39.7 Å². The highest BCUT2D eigenvalue weighted by molar-refractivity contribution is 5.83. The van der Waals surface area contributed by atoms with Crippen molar-refractivity contribution in [2.24, 2.45) is 5.92 Å². The molecule has 2 amide bonds. The van der Waals surface area contributed by atoms with E-state index in [1.807, 2.05) is 19.9 Å². The average Bonchev–Trinajstić information content (AvgIpc) is 2.97. The fourth-order valence-electron chi connectivity index (χ4n) is 3.46. The maximum atomic E-state index is 13.3. The second-order valence-corrected chi connectivity index (χ2v) is 7.09. The van der Waals surface area contributed by atoms with Gasteiger partial charge in [-0.2, -0.15) is 5.10 Å². The van der Waals surface area contributed by atoms with Crippen LogP contribution in [0.15, 0.2) is 24.3 Å². The quantitative estimate of drug-likeness (QED) is 0.816. The Balaban J connectivity index is 1.54. The number of nitrogens with zero attached hydrogens (tertiary/aromatic N) is 2. The van der Waals surface area contributed by atoms with Crippen molar-refractivity contribution < 1.29 is 14.0 Å². The number of piperidine rings is 1. The minimum atomic E-state index is -0.278. The van der Waals surface area contributed by atoms with E-state index in [-0.39, 0.29) is 23.5 Å². The summed E-state index contributed by atoms with van der Waals surface area (Å²) in [6.07, 6.45) is 1.50. The fourth-order valence-corrected chi connectivity index (χ4v) is 3.46. The molecule has 7 heteroatoms. The molecule has 1 aromatic carbocycles. The summed E-state index contributed by atoms with van der Waals surface area (Å²) < 4.78 is 13.3. The molecule has 1 fully saturated rings. The van der Waals surface area contributed by atoms with Gasteiger partial charge in [-0.3, -0.25) is 14.7 Å². The molecule has 6 nitrogen and oxygen atoms in total. The number of aryl methyl sites for hydroxylation is 2. The first-order chi connectivity index (χ1) is 12.9. The molecule has 0 bridgehead atoms. The number of amides is 2. The number of carbonyl (C=O) groups excluding carboxylic acids is 2. The van der Waals surface area contributed by atoms with E-state index in [4.69, 9.17) is 0 Å². The SMILES string of the molecule is Cc1n[nH]c(C)c1CNC(=O)C1CCC(=O)N(CCc2cccc(F)c2)C1. The maximum absolute atomic E-state index is 13.3. The lowest BCUT2D eigenvalue weighted by molar-refractivity contribution is -0.138. The molecule has 1 unspecified atom stereocenters. The third-order valence-electron chi connectivity index (χ3n) is 5.15. The summed E-state index contributed by atoms with van der Waals surface area (Å²) in [7, 11) is 0. The van der Waals surface area contributed by atoms with Crippen molar-refractivity contribution in [3.63, 3.8) is 0 Å². The molecule has 1 saturated heterocycles. The average molecular weight is 372 g/mol. The van der Waals surface area contributed by atoms with Crippen molar-refractivity contribution in [3.05, 3.63) is 52.6 Å². The predicted octanol–water partition coefficient (Wildman–Crippen LogP) is 2.26. The number of hydrogen-bond donors (Lipinski definition) is 2. The number of likely N-dealkylation sites (tertiary alicyclic amines) is 1. The van der Waals surface area contributed by atoms with Gasteiger partial charge in [-0.25, -0.2) is 4.39 Å². The highest BCUT2D eigenvalue weighted by Gasteiger charge is 2.30. The normalized spacial score (nSPS) is 17.2. The van der Waals surface area contributed by atoms with Gasteiger partial charge in [-0.1, -0.05) is 12.1 Å². The van der Waals surface area contributed by atoms with Crippen molar-refractivity contribution in [3.8, 4) is 0 Å². The fraction of sp³-hybridized carbons (Fsp3) is 0.450. The second-order valence-electron chi connectivity index (χ2n) is 7.09. The summed E-state index contributed by atoms with van der Waals surface area (Å²) in [5.41, 5.74) is 3.67. The Labute approximate surface area is 158 Å². The standard InChI is InChI=1S/C20H25FN4O2/c1-13-18(14(2)24-23-13)11-22-20(27)16-6-7-19(26)25(12-16)9-8-15-4-3-5-17(21)10-15/h3-5,10,16H,6-9,11-12H2,1-2H3,(H,22,27)(H,23,24). The number of H-pyrrole nitrogens is 1. The van der Waals surface area contributed by atoms with E-state index in [0.717, 1.165) is 22.5 Å². The number of benzene rings is 1. The van der Waals surface area contributed by atoms with Crippen LogP contribution in [0.2, 0.25) is 0 Å². The molecule has 1 atom stereocenters. The summed E-state index contributed by atoms with van der Waals surface area (Å²) in [5.74, 6) is -0.488. The first kappa shape index (κ1) is 19.1. The van der Waals surface area contributed by atoms with Crippen LogP contribution in [0, 0.1) is 25.6 Å². The van der Waals surface area contributed by atoms with E-state index in [0.29, 0.717) is 38.9 Å². The van der Waals surface area contributed by atoms with Crippen LogP contribution in [0.1, 0.15) is 35.4 Å². The molecular formula is C20H25FN4O2. The number of hydrogen-bond acceptors (Lipinski definition) is 3. The number of aromatic nitrogens is 2. The van der Waals surface area contributed by atoms with Crippen molar-refractivity contribution in [1.82, 2.24) is 20.4 Å². The third-order valence-corrected chi connectivity index (χ3v) is 5.15. The Morgan fingerprint density at radius 1 is 1.41 bits per heavy atom. The van der Waals surface area contributed by atoms with E-state index in [9.17, 15) is 14.0 Å². The van der Waals surface area contributed by atoms with Gasteiger partial charge in [0.05, 0.1) is 11.6 Å². The third kappa shape index (κ3) is 4.72. The number of carbonyl (C=O) groups is 2. The van der Waals surface area contributed by atoms with Gasteiger partial charge in [0, 0.05) is 37.3 Å². The lowest BCUT2D eigenvalue weighted by atomic mass is 9.96. The molecule has 0 aliphatic carbocycles. The van der Waals surface area contributed by atoms with Crippen LogP contribution in [0.5, 0.6) is 0 Å². The van der Waals surface area contributed by atoms with Crippen LogP contribution in [-0.2, 0) is 22.6 Å². The molecule has 2 heterocycles. The number of aromatic amines is 1. The molecule has 1 aliphatic heterocycles. The molecule has 144 valence electrons. The van der Waals surface area contributed by atoms with Crippen LogP contribution < -0.4 is 5.32 Å². The lowest BCUT2D eigenvalue weighted by Crippen LogP contribution is -2.46. The molecule has 2 aromatic rings. The molecular weight excluding hydrogens is 347 g/mol. The molecule has 0 spiro atoms. The number of halogens is 1. The highest BCUT2D eigenvalue weighted by atomic mass is 19.1. The summed E-state index contributed by atoms with van der Waals surface area (Å²) in [4.78, 5) is 26.5. The highest BCUT2D eigenvalue weighted by Crippen LogP contribution is 2.19. The molecule has 1 aromatic heterocycles. The summed E-state index contributed by atoms with van der Waals surface area (Å²) in [5, 5.41) is 10.0. The van der Waals surface area contributed by atoms with Gasteiger partial charge in [0.2, 0.25) is 11.8 Å². The molecule has 27 heavy (non-hydrogen) atoms. The molecule has 3 rings (SSSR count). The number of rotatable bonds is 6. The number of nitrogens with one attached hydrogen (secondary N) is 2. The monoisotopic (exact) mass is 372 g/mol.